The lowest BCUT2D eigenvalue weighted by molar-refractivity contribution is -0.782. The van der Waals surface area contributed by atoms with Crippen LogP contribution in [0.3, 0.4) is 0 Å². The van der Waals surface area contributed by atoms with Crippen LogP contribution >= 0.6 is 58.4 Å². The summed E-state index contributed by atoms with van der Waals surface area (Å²) in [5.41, 5.74) is 19.5. The van der Waals surface area contributed by atoms with Gasteiger partial charge in [-0.05, 0) is 68.7 Å². The van der Waals surface area contributed by atoms with E-state index in [1.165, 1.54) is 64.0 Å². The van der Waals surface area contributed by atoms with Crippen LogP contribution in [0, 0.1) is 35.3 Å². The Labute approximate surface area is 338 Å². The number of thioether (sulfide) groups is 2. The minimum Gasteiger partial charge on any atom is -1.00 e. The topological polar surface area (TPSA) is 102 Å². The number of anilines is 2. The van der Waals surface area contributed by atoms with Crippen LogP contribution in [0.1, 0.15) is 18.3 Å². The van der Waals surface area contributed by atoms with Crippen molar-refractivity contribution in [3.05, 3.63) is 109 Å². The number of aromatic amines is 1. The van der Waals surface area contributed by atoms with E-state index in [0.29, 0.717) is 20.0 Å². The minimum atomic E-state index is -0.337. The number of thiazole rings is 2. The van der Waals surface area contributed by atoms with Crippen LogP contribution in [0.4, 0.5) is 30.2 Å². The van der Waals surface area contributed by atoms with Crippen LogP contribution in [-0.4, -0.2) is 32.7 Å². The molecule has 2 atom stereocenters. The number of nitrogens with zero attached hydrogens (tertiary/aromatic N) is 2. The quantitative estimate of drug-likeness (QED) is 0.0800. The lowest BCUT2D eigenvalue weighted by Gasteiger charge is -2.21. The number of aliphatic hydroxyl groups excluding tert-OH is 1. The van der Waals surface area contributed by atoms with E-state index in [2.05, 4.69) is 33.4 Å². The maximum Gasteiger partial charge on any atom is 0.344 e. The number of benzene rings is 3. The molecule has 3 aromatic heterocycles. The number of hydrogen-bond donors (Lipinski definition) is 5. The first-order chi connectivity index (χ1) is 22.5. The highest BCUT2D eigenvalue weighted by Crippen LogP contribution is 2.28. The molecule has 49 heavy (non-hydrogen) atoms. The molecule has 7 N–H and O–H groups in total. The maximum absolute atomic E-state index is 13.0. The number of aryl methyl sites for hydroxylation is 2. The Hall–Kier alpha value is -1.85. The van der Waals surface area contributed by atoms with Crippen molar-refractivity contribution in [2.75, 3.05) is 24.8 Å². The second-order valence-corrected chi connectivity index (χ2v) is 14.7. The average molecular weight is 991 g/mol. The normalized spacial score (nSPS) is 14.7. The molecule has 0 saturated carbocycles. The van der Waals surface area contributed by atoms with Crippen molar-refractivity contribution in [1.29, 1.82) is 0 Å². The molecule has 0 bridgehead atoms. The average Bonchev–Trinajstić information content (AvgIpc) is 3.79. The zero-order valence-corrected chi connectivity index (χ0v) is 35.3. The minimum absolute atomic E-state index is 0. The summed E-state index contributed by atoms with van der Waals surface area (Å²) < 4.78 is 43.8. The standard InChI is InChI=1S/C11H13FN2S2.C10H9FN2S2.C10H7FN2S.CH4O.2HI/c1-7-6-16-11(15-2)14(7)10-4-3-8(12)5-9(10)13;1-6-5-15-10(14)13(6)9-3-2-7(11)4-8(9)12;1-6-5-14-10-12-8-4-7(11)2-3-9(8)13(6)10;1-2;;/h3-6,11H,13H2,1-2H3;2-5H,12H2,1H3;2-5H,1H3;2H,1H3;2*1H. The zero-order valence-electron chi connectivity index (χ0n) is 26.9. The number of aliphatic hydroxyl groups is 1. The van der Waals surface area contributed by atoms with Crippen LogP contribution in [0.15, 0.2) is 76.5 Å². The highest BCUT2D eigenvalue weighted by molar-refractivity contribution is 8.17. The first-order valence-corrected chi connectivity index (χ1v) is 18.4. The maximum atomic E-state index is 13.0. The summed E-state index contributed by atoms with van der Waals surface area (Å²) >= 11 is 11.8. The van der Waals surface area contributed by atoms with Crippen molar-refractivity contribution in [3.8, 4) is 5.69 Å². The summed E-state index contributed by atoms with van der Waals surface area (Å²) in [7, 11) is 1.00. The second-order valence-electron chi connectivity index (χ2n) is 10.1. The monoisotopic (exact) mass is 990 g/mol. The van der Waals surface area contributed by atoms with Crippen LogP contribution in [0.2, 0.25) is 0 Å². The van der Waals surface area contributed by atoms with Crippen LogP contribution < -0.4 is 68.7 Å². The van der Waals surface area contributed by atoms with Crippen molar-refractivity contribution in [2.45, 2.75) is 25.5 Å². The van der Waals surface area contributed by atoms with Crippen molar-refractivity contribution < 1.29 is 75.5 Å². The van der Waals surface area contributed by atoms with Gasteiger partial charge in [0.1, 0.15) is 28.8 Å². The number of quaternary nitrogens is 1. The molecule has 0 radical (unpaired) electrons. The molecule has 0 amide bonds. The second kappa shape index (κ2) is 19.7. The van der Waals surface area contributed by atoms with Crippen molar-refractivity contribution in [2.24, 2.45) is 0 Å². The summed E-state index contributed by atoms with van der Waals surface area (Å²) in [5, 5.41) is 13.2. The molecule has 6 aromatic rings. The first-order valence-electron chi connectivity index (χ1n) is 14.0. The van der Waals surface area contributed by atoms with E-state index in [9.17, 15) is 13.2 Å². The Kier molecular flexibility index (Phi) is 17.4. The van der Waals surface area contributed by atoms with E-state index in [4.69, 9.17) is 28.8 Å². The molecule has 4 heterocycles. The number of hydrogen-bond acceptors (Lipinski definition) is 8. The molecule has 1 aliphatic rings. The Morgan fingerprint density at radius 2 is 1.51 bits per heavy atom. The summed E-state index contributed by atoms with van der Waals surface area (Å²) in [6, 6.07) is 13.7. The fourth-order valence-corrected chi connectivity index (χ4v) is 8.96. The number of rotatable bonds is 3. The van der Waals surface area contributed by atoms with Crippen LogP contribution in [-0.2, 0) is 0 Å². The lowest BCUT2D eigenvalue weighted by atomic mass is 10.2. The van der Waals surface area contributed by atoms with E-state index in [0.717, 1.165) is 40.2 Å². The molecular formula is C32H35F3I2N6OS5. The summed E-state index contributed by atoms with van der Waals surface area (Å²) in [6.45, 7) is 6.05. The number of halogens is 5. The van der Waals surface area contributed by atoms with E-state index in [1.54, 1.807) is 53.1 Å². The number of nitrogens with two attached hydrogens (primary N) is 2. The van der Waals surface area contributed by atoms with Crippen LogP contribution in [0.5, 0.6) is 0 Å². The summed E-state index contributed by atoms with van der Waals surface area (Å²) in [5.74, 6) is -0.824. The highest BCUT2D eigenvalue weighted by atomic mass is 127. The SMILES string of the molecule is CO.CSC1SC=C(C)[NH+]1c1ccc(F)cc1N.Cc1csc(=S)n1-c1ccc(F)cc1N.Cc1csc2[nH]c3cc(F)ccc3[n+]12.[I-].[I-]. The number of imidazole rings is 1. The first kappa shape index (κ1) is 43.3. The third-order valence-corrected chi connectivity index (χ3v) is 11.8. The largest absolute Gasteiger partial charge is 1.00 e. The molecule has 0 saturated heterocycles. The molecule has 17 heteroatoms. The van der Waals surface area contributed by atoms with Gasteiger partial charge in [-0.15, -0.1) is 11.3 Å². The molecule has 0 fully saturated rings. The fraction of sp³-hybridized carbons (Fsp3) is 0.188. The third kappa shape index (κ3) is 10.1. The van der Waals surface area contributed by atoms with E-state index in [-0.39, 0.29) is 65.4 Å². The van der Waals surface area contributed by atoms with Gasteiger partial charge >= 0.3 is 4.96 Å². The number of H-pyrrole nitrogens is 1. The smallest absolute Gasteiger partial charge is 0.344 e. The molecule has 3 aromatic carbocycles. The van der Waals surface area contributed by atoms with Gasteiger partial charge in [0.15, 0.2) is 25.4 Å². The van der Waals surface area contributed by atoms with Crippen LogP contribution in [0.25, 0.3) is 21.7 Å². The Morgan fingerprint density at radius 3 is 2.10 bits per heavy atom. The number of nitrogen functional groups attached to an aromatic ring is 2. The lowest BCUT2D eigenvalue weighted by Crippen LogP contribution is -3.06. The molecule has 1 aliphatic heterocycles. The molecular weight excluding hydrogens is 956 g/mol. The predicted molar refractivity (Wildman–Crippen MR) is 196 cm³/mol. The zero-order chi connectivity index (χ0) is 34.4. The Bertz CT molecular complexity index is 2100. The predicted octanol–water partition coefficient (Wildman–Crippen LogP) is 1.51. The van der Waals surface area contributed by atoms with Crippen molar-refractivity contribution in [3.63, 3.8) is 0 Å². The van der Waals surface area contributed by atoms with Gasteiger partial charge in [-0.1, -0.05) is 34.9 Å². The Morgan fingerprint density at radius 1 is 0.898 bits per heavy atom. The van der Waals surface area contributed by atoms with Gasteiger partial charge in [-0.25, -0.2) is 18.2 Å². The number of fused-ring (bicyclic) bond motifs is 3. The van der Waals surface area contributed by atoms with Crippen molar-refractivity contribution >= 4 is 91.5 Å². The Balaban J connectivity index is 0.000000244. The van der Waals surface area contributed by atoms with E-state index < -0.39 is 0 Å². The highest BCUT2D eigenvalue weighted by Gasteiger charge is 2.32. The van der Waals surface area contributed by atoms with Gasteiger partial charge in [-0.2, -0.15) is 4.40 Å². The summed E-state index contributed by atoms with van der Waals surface area (Å²) in [6.07, 6.45) is 2.07. The van der Waals surface area contributed by atoms with E-state index in [1.807, 2.05) is 23.8 Å². The van der Waals surface area contributed by atoms with Crippen molar-refractivity contribution in [1.82, 2.24) is 9.55 Å². The van der Waals surface area contributed by atoms with Gasteiger partial charge in [0, 0.05) is 54.1 Å². The molecule has 0 aliphatic carbocycles. The fourth-order valence-electron chi connectivity index (χ4n) is 4.89. The molecule has 7 nitrogen and oxygen atoms in total. The summed E-state index contributed by atoms with van der Waals surface area (Å²) in [4.78, 5) is 5.44. The van der Waals surface area contributed by atoms with Gasteiger partial charge < -0.3 is 64.5 Å². The molecule has 7 rings (SSSR count). The number of aromatic nitrogens is 3. The van der Waals surface area contributed by atoms with Gasteiger partial charge in [-0.3, -0.25) is 9.47 Å². The molecule has 0 spiro atoms. The number of nitrogens with one attached hydrogen (secondary N) is 2. The molecule has 2 unspecified atom stereocenters. The number of allylic oxidation sites excluding steroid dienone is 1. The van der Waals surface area contributed by atoms with Gasteiger partial charge in [0.2, 0.25) is 0 Å². The van der Waals surface area contributed by atoms with Gasteiger partial charge in [0.25, 0.3) is 0 Å². The van der Waals surface area contributed by atoms with Gasteiger partial charge in [0.05, 0.1) is 17.1 Å². The van der Waals surface area contributed by atoms with E-state index >= 15 is 0 Å². The third-order valence-electron chi connectivity index (χ3n) is 6.98. The molecule has 264 valence electrons.